The zero-order valence-corrected chi connectivity index (χ0v) is 11.1. The van der Waals surface area contributed by atoms with Crippen molar-refractivity contribution in [2.24, 2.45) is 5.92 Å². The molecule has 0 aliphatic carbocycles. The van der Waals surface area contributed by atoms with Gasteiger partial charge in [-0.25, -0.2) is 0 Å². The molecule has 5 heteroatoms. The molecule has 0 bridgehead atoms. The summed E-state index contributed by atoms with van der Waals surface area (Å²) in [6, 6.07) is 0. The van der Waals surface area contributed by atoms with Crippen LogP contribution in [-0.4, -0.2) is 43.6 Å². The van der Waals surface area contributed by atoms with Crippen molar-refractivity contribution in [3.8, 4) is 0 Å². The average Bonchev–Trinajstić information content (AvgIpc) is 1.94. The van der Waals surface area contributed by atoms with E-state index >= 15 is 0 Å². The molecular formula is C12H25NO4. The SMILES string of the molecule is CC1(C)CC(O)(O)C(CCC(O)O)C(C)(C)N1. The van der Waals surface area contributed by atoms with Gasteiger partial charge in [0.2, 0.25) is 0 Å². The first-order valence-electron chi connectivity index (χ1n) is 6.06. The van der Waals surface area contributed by atoms with Crippen molar-refractivity contribution in [3.05, 3.63) is 0 Å². The first kappa shape index (κ1) is 14.9. The van der Waals surface area contributed by atoms with E-state index < -0.39 is 23.5 Å². The molecule has 0 saturated carbocycles. The summed E-state index contributed by atoms with van der Waals surface area (Å²) in [4.78, 5) is 0. The van der Waals surface area contributed by atoms with E-state index in [1.807, 2.05) is 27.7 Å². The van der Waals surface area contributed by atoms with Crippen LogP contribution in [0, 0.1) is 5.92 Å². The molecule has 102 valence electrons. The van der Waals surface area contributed by atoms with Crippen LogP contribution in [0.5, 0.6) is 0 Å². The van der Waals surface area contributed by atoms with E-state index in [2.05, 4.69) is 5.32 Å². The van der Waals surface area contributed by atoms with E-state index in [0.29, 0.717) is 6.42 Å². The monoisotopic (exact) mass is 247 g/mol. The summed E-state index contributed by atoms with van der Waals surface area (Å²) < 4.78 is 0. The molecule has 1 aliphatic heterocycles. The Morgan fingerprint density at radius 3 is 2.12 bits per heavy atom. The maximum absolute atomic E-state index is 10.2. The van der Waals surface area contributed by atoms with Crippen LogP contribution in [-0.2, 0) is 0 Å². The molecular weight excluding hydrogens is 222 g/mol. The Morgan fingerprint density at radius 1 is 1.18 bits per heavy atom. The van der Waals surface area contributed by atoms with Gasteiger partial charge in [0.05, 0.1) is 0 Å². The maximum atomic E-state index is 10.2. The van der Waals surface area contributed by atoms with Crippen LogP contribution in [0.15, 0.2) is 0 Å². The van der Waals surface area contributed by atoms with Gasteiger partial charge in [-0.3, -0.25) is 0 Å². The molecule has 1 rings (SSSR count). The van der Waals surface area contributed by atoms with E-state index in [1.165, 1.54) is 0 Å². The number of nitrogens with one attached hydrogen (secondary N) is 1. The second-order valence-electron chi connectivity index (χ2n) is 6.40. The summed E-state index contributed by atoms with van der Waals surface area (Å²) in [6.07, 6.45) is -0.702. The van der Waals surface area contributed by atoms with E-state index in [0.717, 1.165) is 0 Å². The number of hydrogen-bond donors (Lipinski definition) is 5. The largest absolute Gasteiger partial charge is 0.368 e. The van der Waals surface area contributed by atoms with Crippen LogP contribution in [0.3, 0.4) is 0 Å². The highest BCUT2D eigenvalue weighted by atomic mass is 16.5. The smallest absolute Gasteiger partial charge is 0.168 e. The molecule has 1 fully saturated rings. The fraction of sp³-hybridized carbons (Fsp3) is 1.00. The first-order valence-corrected chi connectivity index (χ1v) is 6.06. The predicted octanol–water partition coefficient (Wildman–Crippen LogP) is -0.0751. The third kappa shape index (κ3) is 3.63. The van der Waals surface area contributed by atoms with Crippen molar-refractivity contribution < 1.29 is 20.4 Å². The third-order valence-corrected chi connectivity index (χ3v) is 3.51. The summed E-state index contributed by atoms with van der Waals surface area (Å²) in [5.41, 5.74) is -0.832. The fourth-order valence-electron chi connectivity index (χ4n) is 3.26. The van der Waals surface area contributed by atoms with Crippen molar-refractivity contribution in [1.82, 2.24) is 5.32 Å². The molecule has 0 aromatic carbocycles. The minimum absolute atomic E-state index is 0.138. The Morgan fingerprint density at radius 2 is 1.71 bits per heavy atom. The van der Waals surface area contributed by atoms with Gasteiger partial charge in [-0.15, -0.1) is 0 Å². The van der Waals surface area contributed by atoms with Gasteiger partial charge in [0.25, 0.3) is 0 Å². The minimum atomic E-state index is -1.78. The van der Waals surface area contributed by atoms with Gasteiger partial charge in [-0.05, 0) is 40.5 Å². The Kier molecular flexibility index (Phi) is 3.91. The highest BCUT2D eigenvalue weighted by Crippen LogP contribution is 2.41. The van der Waals surface area contributed by atoms with Gasteiger partial charge in [0.1, 0.15) is 0 Å². The molecule has 1 aliphatic rings. The Hall–Kier alpha value is -0.200. The Bertz CT molecular complexity index is 254. The van der Waals surface area contributed by atoms with Crippen LogP contribution in [0.25, 0.3) is 0 Å². The molecule has 5 N–H and O–H groups in total. The molecule has 0 amide bonds. The number of rotatable bonds is 3. The number of piperidine rings is 1. The number of aliphatic hydroxyl groups excluding tert-OH is 1. The molecule has 1 heterocycles. The summed E-state index contributed by atoms with van der Waals surface area (Å²) in [5.74, 6) is -2.22. The van der Waals surface area contributed by atoms with Crippen molar-refractivity contribution in [1.29, 1.82) is 0 Å². The van der Waals surface area contributed by atoms with Crippen molar-refractivity contribution >= 4 is 0 Å². The molecule has 1 unspecified atom stereocenters. The molecule has 0 aromatic heterocycles. The lowest BCUT2D eigenvalue weighted by molar-refractivity contribution is -0.252. The van der Waals surface area contributed by atoms with Crippen LogP contribution >= 0.6 is 0 Å². The van der Waals surface area contributed by atoms with Gasteiger partial charge in [-0.2, -0.15) is 0 Å². The topological polar surface area (TPSA) is 93.0 Å². The Labute approximate surface area is 102 Å². The predicted molar refractivity (Wildman–Crippen MR) is 64.0 cm³/mol. The number of hydrogen-bond acceptors (Lipinski definition) is 5. The quantitative estimate of drug-likeness (QED) is 0.450. The van der Waals surface area contributed by atoms with Crippen molar-refractivity contribution in [2.45, 2.75) is 70.1 Å². The lowest BCUT2D eigenvalue weighted by atomic mass is 9.69. The summed E-state index contributed by atoms with van der Waals surface area (Å²) >= 11 is 0. The highest BCUT2D eigenvalue weighted by molar-refractivity contribution is 5.05. The van der Waals surface area contributed by atoms with Crippen LogP contribution < -0.4 is 5.32 Å². The molecule has 17 heavy (non-hydrogen) atoms. The van der Waals surface area contributed by atoms with Crippen LogP contribution in [0.2, 0.25) is 0 Å². The van der Waals surface area contributed by atoms with Crippen LogP contribution in [0.1, 0.15) is 47.0 Å². The zero-order chi connectivity index (χ0) is 13.5. The second-order valence-corrected chi connectivity index (χ2v) is 6.40. The van der Waals surface area contributed by atoms with E-state index in [1.54, 1.807) is 0 Å². The van der Waals surface area contributed by atoms with Gasteiger partial charge >= 0.3 is 0 Å². The van der Waals surface area contributed by atoms with Crippen LogP contribution in [0.4, 0.5) is 0 Å². The molecule has 0 spiro atoms. The molecule has 5 nitrogen and oxygen atoms in total. The van der Waals surface area contributed by atoms with E-state index in [-0.39, 0.29) is 18.4 Å². The maximum Gasteiger partial charge on any atom is 0.168 e. The molecule has 0 aromatic rings. The molecule has 1 atom stereocenters. The van der Waals surface area contributed by atoms with E-state index in [9.17, 15) is 10.2 Å². The summed E-state index contributed by atoms with van der Waals surface area (Å²) in [6.45, 7) is 7.66. The average molecular weight is 247 g/mol. The Balaban J connectivity index is 2.86. The summed E-state index contributed by atoms with van der Waals surface area (Å²) in [5, 5.41) is 41.5. The summed E-state index contributed by atoms with van der Waals surface area (Å²) in [7, 11) is 0. The normalized spacial score (nSPS) is 30.5. The van der Waals surface area contributed by atoms with Crippen molar-refractivity contribution in [2.75, 3.05) is 0 Å². The van der Waals surface area contributed by atoms with Gasteiger partial charge < -0.3 is 25.7 Å². The van der Waals surface area contributed by atoms with Gasteiger partial charge in [-0.1, -0.05) is 0 Å². The van der Waals surface area contributed by atoms with E-state index in [4.69, 9.17) is 10.2 Å². The third-order valence-electron chi connectivity index (χ3n) is 3.51. The number of aliphatic hydroxyl groups is 4. The first-order chi connectivity index (χ1) is 7.46. The fourth-order valence-corrected chi connectivity index (χ4v) is 3.26. The second kappa shape index (κ2) is 4.48. The minimum Gasteiger partial charge on any atom is -0.368 e. The molecule has 1 saturated heterocycles. The van der Waals surface area contributed by atoms with Gasteiger partial charge in [0, 0.05) is 23.4 Å². The standard InChI is InChI=1S/C12H25NO4/c1-10(2)7-12(16,17)8(5-6-9(14)15)11(3,4)13-10/h8-9,13-17H,5-7H2,1-4H3. The lowest BCUT2D eigenvalue weighted by Gasteiger charge is -2.54. The van der Waals surface area contributed by atoms with Gasteiger partial charge in [0.15, 0.2) is 12.1 Å². The lowest BCUT2D eigenvalue weighted by Crippen LogP contribution is -2.69. The van der Waals surface area contributed by atoms with Crippen molar-refractivity contribution in [3.63, 3.8) is 0 Å². The zero-order valence-electron chi connectivity index (χ0n) is 11.1. The molecule has 0 radical (unpaired) electrons. The highest BCUT2D eigenvalue weighted by Gasteiger charge is 2.52.